The first-order chi connectivity index (χ1) is 13.2. The van der Waals surface area contributed by atoms with Crippen LogP contribution in [0, 0.1) is 5.82 Å². The van der Waals surface area contributed by atoms with E-state index in [4.69, 9.17) is 4.74 Å². The van der Waals surface area contributed by atoms with Crippen LogP contribution in [0.25, 0.3) is 0 Å². The summed E-state index contributed by atoms with van der Waals surface area (Å²) in [6.07, 6.45) is 1.64. The van der Waals surface area contributed by atoms with Crippen molar-refractivity contribution in [1.82, 2.24) is 14.9 Å². The smallest absolute Gasteiger partial charge is 0.272 e. The van der Waals surface area contributed by atoms with E-state index in [1.54, 1.807) is 29.3 Å². The van der Waals surface area contributed by atoms with Crippen LogP contribution in [0.3, 0.4) is 0 Å². The third-order valence-corrected chi connectivity index (χ3v) is 4.91. The molecule has 0 saturated carbocycles. The van der Waals surface area contributed by atoms with Crippen LogP contribution in [0.15, 0.2) is 36.5 Å². The molecule has 1 aromatic carbocycles. The van der Waals surface area contributed by atoms with E-state index in [0.29, 0.717) is 37.9 Å². The van der Waals surface area contributed by atoms with Crippen molar-refractivity contribution in [3.8, 4) is 0 Å². The maximum atomic E-state index is 13.1. The van der Waals surface area contributed by atoms with Crippen molar-refractivity contribution in [1.29, 1.82) is 0 Å². The van der Waals surface area contributed by atoms with E-state index in [1.807, 2.05) is 0 Å². The van der Waals surface area contributed by atoms with Crippen LogP contribution in [0.2, 0.25) is 0 Å². The Hall–Kier alpha value is -2.74. The van der Waals surface area contributed by atoms with Gasteiger partial charge in [0.05, 0.1) is 13.2 Å². The van der Waals surface area contributed by atoms with E-state index < -0.39 is 0 Å². The van der Waals surface area contributed by atoms with Crippen LogP contribution in [0.4, 0.5) is 16.0 Å². The van der Waals surface area contributed by atoms with Gasteiger partial charge in [0.15, 0.2) is 0 Å². The van der Waals surface area contributed by atoms with E-state index in [9.17, 15) is 9.18 Å². The average molecular weight is 371 g/mol. The molecule has 2 aliphatic rings. The fraction of sp³-hybridized carbons (Fsp3) is 0.421. The quantitative estimate of drug-likeness (QED) is 0.813. The fourth-order valence-corrected chi connectivity index (χ4v) is 3.36. The number of anilines is 2. The molecule has 2 fully saturated rings. The second-order valence-electron chi connectivity index (χ2n) is 6.60. The van der Waals surface area contributed by atoms with Crippen LogP contribution in [0.1, 0.15) is 10.5 Å². The SMILES string of the molecule is O=C(c1ccnc(N2CCN(c3ccc(F)cc3)CC2)n1)N1CCOCC1. The second-order valence-corrected chi connectivity index (χ2v) is 6.60. The van der Waals surface area contributed by atoms with Crippen LogP contribution in [-0.2, 0) is 4.74 Å². The molecule has 1 aromatic heterocycles. The molecule has 0 atom stereocenters. The summed E-state index contributed by atoms with van der Waals surface area (Å²) in [5.41, 5.74) is 1.43. The van der Waals surface area contributed by atoms with Gasteiger partial charge < -0.3 is 19.4 Å². The van der Waals surface area contributed by atoms with Gasteiger partial charge in [-0.1, -0.05) is 0 Å². The van der Waals surface area contributed by atoms with Crippen molar-refractivity contribution < 1.29 is 13.9 Å². The molecule has 27 heavy (non-hydrogen) atoms. The van der Waals surface area contributed by atoms with Crippen molar-refractivity contribution in [3.05, 3.63) is 48.0 Å². The van der Waals surface area contributed by atoms with Gasteiger partial charge in [0, 0.05) is 51.2 Å². The lowest BCUT2D eigenvalue weighted by atomic mass is 10.2. The van der Waals surface area contributed by atoms with Gasteiger partial charge in [-0.15, -0.1) is 0 Å². The third kappa shape index (κ3) is 4.00. The highest BCUT2D eigenvalue weighted by molar-refractivity contribution is 5.92. The van der Waals surface area contributed by atoms with Crippen LogP contribution in [0.5, 0.6) is 0 Å². The molecule has 3 heterocycles. The summed E-state index contributed by atoms with van der Waals surface area (Å²) < 4.78 is 18.4. The Morgan fingerprint density at radius 3 is 2.30 bits per heavy atom. The van der Waals surface area contributed by atoms with Gasteiger partial charge in [-0.25, -0.2) is 14.4 Å². The summed E-state index contributed by atoms with van der Waals surface area (Å²) in [7, 11) is 0. The highest BCUT2D eigenvalue weighted by Crippen LogP contribution is 2.19. The van der Waals surface area contributed by atoms with Gasteiger partial charge in [-0.3, -0.25) is 4.79 Å². The molecular formula is C19H22FN5O2. The van der Waals surface area contributed by atoms with Crippen molar-refractivity contribution >= 4 is 17.5 Å². The molecule has 0 radical (unpaired) electrons. The Bertz CT molecular complexity index is 787. The minimum Gasteiger partial charge on any atom is -0.378 e. The van der Waals surface area contributed by atoms with Crippen molar-refractivity contribution in [2.24, 2.45) is 0 Å². The number of carbonyl (C=O) groups excluding carboxylic acids is 1. The average Bonchev–Trinajstić information content (AvgIpc) is 2.75. The molecule has 8 heteroatoms. The minimum atomic E-state index is -0.229. The molecule has 0 bridgehead atoms. The monoisotopic (exact) mass is 371 g/mol. The van der Waals surface area contributed by atoms with Crippen LogP contribution in [-0.4, -0.2) is 73.3 Å². The number of nitrogens with zero attached hydrogens (tertiary/aromatic N) is 5. The van der Waals surface area contributed by atoms with Crippen molar-refractivity contribution in [3.63, 3.8) is 0 Å². The molecule has 0 N–H and O–H groups in total. The Kier molecular flexibility index (Phi) is 5.15. The van der Waals surface area contributed by atoms with E-state index >= 15 is 0 Å². The highest BCUT2D eigenvalue weighted by Gasteiger charge is 2.23. The van der Waals surface area contributed by atoms with Gasteiger partial charge in [0.2, 0.25) is 5.95 Å². The number of aromatic nitrogens is 2. The van der Waals surface area contributed by atoms with Crippen LogP contribution < -0.4 is 9.80 Å². The molecule has 2 aliphatic heterocycles. The summed E-state index contributed by atoms with van der Waals surface area (Å²) in [6, 6.07) is 8.21. The number of benzene rings is 1. The van der Waals surface area contributed by atoms with Crippen molar-refractivity contribution in [2.45, 2.75) is 0 Å². The number of ether oxygens (including phenoxy) is 1. The molecular weight excluding hydrogens is 349 g/mol. The molecule has 2 aromatic rings. The zero-order chi connectivity index (χ0) is 18.6. The highest BCUT2D eigenvalue weighted by atomic mass is 19.1. The van der Waals surface area contributed by atoms with Crippen molar-refractivity contribution in [2.75, 3.05) is 62.3 Å². The normalized spacial score (nSPS) is 17.9. The molecule has 0 spiro atoms. The Labute approximate surface area is 157 Å². The first-order valence-corrected chi connectivity index (χ1v) is 9.16. The third-order valence-electron chi connectivity index (χ3n) is 4.91. The molecule has 0 aliphatic carbocycles. The lowest BCUT2D eigenvalue weighted by molar-refractivity contribution is 0.0299. The Morgan fingerprint density at radius 2 is 1.59 bits per heavy atom. The van der Waals surface area contributed by atoms with Gasteiger partial charge in [0.25, 0.3) is 5.91 Å². The largest absolute Gasteiger partial charge is 0.378 e. The second kappa shape index (κ2) is 7.87. The Morgan fingerprint density at radius 1 is 0.926 bits per heavy atom. The lowest BCUT2D eigenvalue weighted by Crippen LogP contribution is -2.47. The molecule has 4 rings (SSSR count). The van der Waals surface area contributed by atoms with Gasteiger partial charge in [-0.05, 0) is 30.3 Å². The molecule has 0 unspecified atom stereocenters. The first-order valence-electron chi connectivity index (χ1n) is 9.16. The number of amides is 1. The zero-order valence-electron chi connectivity index (χ0n) is 15.1. The van der Waals surface area contributed by atoms with E-state index in [1.165, 1.54) is 12.1 Å². The number of rotatable bonds is 3. The lowest BCUT2D eigenvalue weighted by Gasteiger charge is -2.36. The van der Waals surface area contributed by atoms with E-state index in [-0.39, 0.29) is 11.7 Å². The number of hydrogen-bond acceptors (Lipinski definition) is 6. The summed E-state index contributed by atoms with van der Waals surface area (Å²) in [4.78, 5) is 27.5. The van der Waals surface area contributed by atoms with Gasteiger partial charge >= 0.3 is 0 Å². The maximum absolute atomic E-state index is 13.1. The number of piperazine rings is 1. The molecule has 7 nitrogen and oxygen atoms in total. The summed E-state index contributed by atoms with van der Waals surface area (Å²) in [5.74, 6) is 0.271. The maximum Gasteiger partial charge on any atom is 0.272 e. The van der Waals surface area contributed by atoms with Gasteiger partial charge in [0.1, 0.15) is 11.5 Å². The predicted octanol–water partition coefficient (Wildman–Crippen LogP) is 1.41. The Balaban J connectivity index is 1.41. The van der Waals surface area contributed by atoms with Gasteiger partial charge in [-0.2, -0.15) is 0 Å². The summed E-state index contributed by atoms with van der Waals surface area (Å²) in [5, 5.41) is 0. The first kappa shape index (κ1) is 17.7. The molecule has 142 valence electrons. The van der Waals surface area contributed by atoms with Crippen LogP contribution >= 0.6 is 0 Å². The topological polar surface area (TPSA) is 61.8 Å². The van der Waals surface area contributed by atoms with E-state index in [0.717, 1.165) is 31.9 Å². The number of morpholine rings is 1. The molecule has 2 saturated heterocycles. The molecule has 1 amide bonds. The fourth-order valence-electron chi connectivity index (χ4n) is 3.36. The summed E-state index contributed by atoms with van der Waals surface area (Å²) in [6.45, 7) is 5.37. The minimum absolute atomic E-state index is 0.0769. The zero-order valence-corrected chi connectivity index (χ0v) is 15.1. The standard InChI is InChI=1S/C19H22FN5O2/c20-15-1-3-16(4-2-15)23-7-9-25(10-8-23)19-21-6-5-17(22-19)18(26)24-11-13-27-14-12-24/h1-6H,7-14H2. The predicted molar refractivity (Wildman–Crippen MR) is 99.6 cm³/mol. The van der Waals surface area contributed by atoms with E-state index in [2.05, 4.69) is 19.8 Å². The number of carbonyl (C=O) groups is 1. The number of halogens is 1. The summed E-state index contributed by atoms with van der Waals surface area (Å²) >= 11 is 0. The number of hydrogen-bond donors (Lipinski definition) is 0.